The number of hydrogen-bond acceptors (Lipinski definition) is 5. The first kappa shape index (κ1) is 13.4. The largest absolute Gasteiger partial charge is 0.475 e. The van der Waals surface area contributed by atoms with E-state index in [0.29, 0.717) is 24.5 Å². The Balaban J connectivity index is 2.53. The molecule has 7 nitrogen and oxygen atoms in total. The van der Waals surface area contributed by atoms with Crippen LogP contribution in [0.2, 0.25) is 5.28 Å². The smallest absolute Gasteiger partial charge is 0.372 e. The molecule has 2 rings (SSSR count). The highest BCUT2D eigenvalue weighted by atomic mass is 35.5. The molecule has 2 aromatic heterocycles. The number of carbonyl (C=O) groups is 1. The third-order valence-corrected chi connectivity index (χ3v) is 2.70. The van der Waals surface area contributed by atoms with Gasteiger partial charge in [0.25, 0.3) is 0 Å². The third-order valence-electron chi connectivity index (χ3n) is 2.52. The molecule has 0 radical (unpaired) electrons. The Morgan fingerprint density at radius 3 is 2.89 bits per heavy atom. The summed E-state index contributed by atoms with van der Waals surface area (Å²) in [6, 6.07) is 0. The van der Waals surface area contributed by atoms with Gasteiger partial charge in [0.1, 0.15) is 5.69 Å². The van der Waals surface area contributed by atoms with Gasteiger partial charge >= 0.3 is 5.97 Å². The number of imidazole rings is 1. The Morgan fingerprint density at radius 2 is 2.26 bits per heavy atom. The van der Waals surface area contributed by atoms with Crippen LogP contribution in [0.25, 0.3) is 11.4 Å². The molecule has 8 heteroatoms. The lowest BCUT2D eigenvalue weighted by Gasteiger charge is -2.01. The van der Waals surface area contributed by atoms with Gasteiger partial charge in [-0.15, -0.1) is 0 Å². The van der Waals surface area contributed by atoms with Gasteiger partial charge in [0.15, 0.2) is 0 Å². The molecule has 0 aliphatic heterocycles. The molecule has 19 heavy (non-hydrogen) atoms. The quantitative estimate of drug-likeness (QED) is 0.808. The van der Waals surface area contributed by atoms with Crippen molar-refractivity contribution in [1.29, 1.82) is 0 Å². The highest BCUT2D eigenvalue weighted by Crippen LogP contribution is 2.21. The standard InChI is InChI=1S/C11H12ClN5O2/c1-6-4-14-11(12)16-8(6)7-5-17(3-2-13)9(15-7)10(18)19/h4-5H,2-3,13H2,1H3,(H,18,19). The predicted octanol–water partition coefficient (Wildman–Crippen LogP) is 0.959. The van der Waals surface area contributed by atoms with E-state index < -0.39 is 5.97 Å². The zero-order valence-corrected chi connectivity index (χ0v) is 10.9. The van der Waals surface area contributed by atoms with Gasteiger partial charge in [-0.05, 0) is 24.1 Å². The zero-order valence-electron chi connectivity index (χ0n) is 10.2. The minimum absolute atomic E-state index is 0.0745. The molecule has 0 unspecified atom stereocenters. The minimum atomic E-state index is -1.11. The number of rotatable bonds is 4. The highest BCUT2D eigenvalue weighted by Gasteiger charge is 2.17. The molecule has 0 aliphatic carbocycles. The molecular formula is C11H12ClN5O2. The molecule has 0 aliphatic rings. The van der Waals surface area contributed by atoms with Crippen molar-refractivity contribution < 1.29 is 9.90 Å². The van der Waals surface area contributed by atoms with Crippen LogP contribution >= 0.6 is 11.6 Å². The summed E-state index contributed by atoms with van der Waals surface area (Å²) in [6.45, 7) is 2.49. The molecule has 0 spiro atoms. The monoisotopic (exact) mass is 281 g/mol. The minimum Gasteiger partial charge on any atom is -0.475 e. The van der Waals surface area contributed by atoms with E-state index in [4.69, 9.17) is 22.4 Å². The van der Waals surface area contributed by atoms with Gasteiger partial charge in [0, 0.05) is 25.5 Å². The van der Waals surface area contributed by atoms with Gasteiger partial charge < -0.3 is 15.4 Å². The summed E-state index contributed by atoms with van der Waals surface area (Å²) in [6.07, 6.45) is 3.16. The molecule has 0 saturated carbocycles. The fourth-order valence-corrected chi connectivity index (χ4v) is 1.82. The van der Waals surface area contributed by atoms with Gasteiger partial charge in [-0.1, -0.05) is 0 Å². The summed E-state index contributed by atoms with van der Waals surface area (Å²) in [4.78, 5) is 23.1. The van der Waals surface area contributed by atoms with Crippen molar-refractivity contribution in [3.8, 4) is 11.4 Å². The Labute approximate surface area is 114 Å². The third kappa shape index (κ3) is 2.72. The summed E-state index contributed by atoms with van der Waals surface area (Å²) in [7, 11) is 0. The molecule has 0 bridgehead atoms. The van der Waals surface area contributed by atoms with Crippen LogP contribution in [0.4, 0.5) is 0 Å². The fraction of sp³-hybridized carbons (Fsp3) is 0.273. The van der Waals surface area contributed by atoms with Crippen LogP contribution in [0, 0.1) is 6.92 Å². The second-order valence-electron chi connectivity index (χ2n) is 3.91. The Morgan fingerprint density at radius 1 is 1.53 bits per heavy atom. The lowest BCUT2D eigenvalue weighted by molar-refractivity contribution is 0.0678. The van der Waals surface area contributed by atoms with Gasteiger partial charge in [-0.2, -0.15) is 0 Å². The molecule has 0 amide bonds. The van der Waals surface area contributed by atoms with Crippen molar-refractivity contribution in [3.05, 3.63) is 29.1 Å². The van der Waals surface area contributed by atoms with Crippen LogP contribution in [0.5, 0.6) is 0 Å². The predicted molar refractivity (Wildman–Crippen MR) is 69.0 cm³/mol. The second-order valence-corrected chi connectivity index (χ2v) is 4.25. The number of aryl methyl sites for hydroxylation is 1. The van der Waals surface area contributed by atoms with Crippen molar-refractivity contribution in [3.63, 3.8) is 0 Å². The van der Waals surface area contributed by atoms with E-state index in [1.807, 2.05) is 0 Å². The van der Waals surface area contributed by atoms with E-state index >= 15 is 0 Å². The molecule has 0 saturated heterocycles. The Bertz CT molecular complexity index is 626. The lowest BCUT2D eigenvalue weighted by Crippen LogP contribution is -2.14. The summed E-state index contributed by atoms with van der Waals surface area (Å²) in [5.74, 6) is -1.19. The van der Waals surface area contributed by atoms with Crippen LogP contribution < -0.4 is 5.73 Å². The van der Waals surface area contributed by atoms with E-state index in [9.17, 15) is 4.79 Å². The summed E-state index contributed by atoms with van der Waals surface area (Å²) >= 11 is 5.74. The number of aromatic nitrogens is 4. The molecule has 0 aromatic carbocycles. The molecule has 2 heterocycles. The maximum Gasteiger partial charge on any atom is 0.372 e. The van der Waals surface area contributed by atoms with Crippen LogP contribution in [-0.2, 0) is 6.54 Å². The summed E-state index contributed by atoms with van der Waals surface area (Å²) in [5.41, 5.74) is 7.16. The number of carboxylic acid groups (broad SMARTS) is 1. The van der Waals surface area contributed by atoms with Crippen LogP contribution in [0.3, 0.4) is 0 Å². The second kappa shape index (κ2) is 5.33. The first-order valence-electron chi connectivity index (χ1n) is 5.53. The molecule has 100 valence electrons. The van der Waals surface area contributed by atoms with Gasteiger partial charge in [-0.25, -0.2) is 19.7 Å². The van der Waals surface area contributed by atoms with E-state index in [1.165, 1.54) is 4.57 Å². The molecule has 0 fully saturated rings. The first-order chi connectivity index (χ1) is 9.02. The van der Waals surface area contributed by atoms with Crippen molar-refractivity contribution >= 4 is 17.6 Å². The number of hydrogen-bond donors (Lipinski definition) is 2. The first-order valence-corrected chi connectivity index (χ1v) is 5.90. The normalized spacial score (nSPS) is 10.7. The Kier molecular flexibility index (Phi) is 3.77. The van der Waals surface area contributed by atoms with Crippen molar-refractivity contribution in [2.45, 2.75) is 13.5 Å². The average molecular weight is 282 g/mol. The zero-order chi connectivity index (χ0) is 14.0. The van der Waals surface area contributed by atoms with Crippen molar-refractivity contribution in [2.75, 3.05) is 6.54 Å². The van der Waals surface area contributed by atoms with E-state index in [1.54, 1.807) is 19.3 Å². The maximum absolute atomic E-state index is 11.1. The maximum atomic E-state index is 11.1. The molecule has 3 N–H and O–H groups in total. The summed E-state index contributed by atoms with van der Waals surface area (Å²) in [5, 5.41) is 9.18. The molecule has 2 aromatic rings. The van der Waals surface area contributed by atoms with Crippen LogP contribution in [-0.4, -0.2) is 37.1 Å². The van der Waals surface area contributed by atoms with Crippen molar-refractivity contribution in [2.24, 2.45) is 5.73 Å². The fourth-order valence-electron chi connectivity index (χ4n) is 1.69. The topological polar surface area (TPSA) is 107 Å². The van der Waals surface area contributed by atoms with Gasteiger partial charge in [0.05, 0.1) is 5.69 Å². The highest BCUT2D eigenvalue weighted by molar-refractivity contribution is 6.28. The number of aromatic carboxylic acids is 1. The summed E-state index contributed by atoms with van der Waals surface area (Å²) < 4.78 is 1.48. The number of halogens is 1. The van der Waals surface area contributed by atoms with Crippen LogP contribution in [0.15, 0.2) is 12.4 Å². The van der Waals surface area contributed by atoms with E-state index in [-0.39, 0.29) is 11.1 Å². The SMILES string of the molecule is Cc1cnc(Cl)nc1-c1cn(CCN)c(C(=O)O)n1. The number of nitrogens with two attached hydrogens (primary N) is 1. The van der Waals surface area contributed by atoms with E-state index in [0.717, 1.165) is 5.56 Å². The number of carboxylic acids is 1. The molecular weight excluding hydrogens is 270 g/mol. The van der Waals surface area contributed by atoms with Crippen LogP contribution in [0.1, 0.15) is 16.2 Å². The molecule has 0 atom stereocenters. The van der Waals surface area contributed by atoms with Gasteiger partial charge in [-0.3, -0.25) is 0 Å². The van der Waals surface area contributed by atoms with Gasteiger partial charge in [0.2, 0.25) is 11.1 Å². The Hall–Kier alpha value is -1.99. The lowest BCUT2D eigenvalue weighted by atomic mass is 10.2. The van der Waals surface area contributed by atoms with Crippen molar-refractivity contribution in [1.82, 2.24) is 19.5 Å². The van der Waals surface area contributed by atoms with E-state index in [2.05, 4.69) is 15.0 Å². The number of nitrogens with zero attached hydrogens (tertiary/aromatic N) is 4. The average Bonchev–Trinajstić information content (AvgIpc) is 2.77.